The Balaban J connectivity index is 1.36. The number of nitrogens with zero attached hydrogens (tertiary/aromatic N) is 5. The first-order valence-electron chi connectivity index (χ1n) is 13.1. The molecule has 0 aliphatic carbocycles. The van der Waals surface area contributed by atoms with Crippen molar-refractivity contribution in [1.82, 2.24) is 25.0 Å². The van der Waals surface area contributed by atoms with Crippen LogP contribution >= 0.6 is 0 Å². The second kappa shape index (κ2) is 9.99. The second-order valence-electron chi connectivity index (χ2n) is 11.3. The molecule has 2 aromatic heterocycles. The van der Waals surface area contributed by atoms with E-state index in [-0.39, 0.29) is 23.2 Å². The van der Waals surface area contributed by atoms with Gasteiger partial charge in [-0.3, -0.25) is 19.4 Å². The van der Waals surface area contributed by atoms with Crippen LogP contribution in [-0.2, 0) is 23.2 Å². The Kier molecular flexibility index (Phi) is 6.89. The molecule has 1 aromatic carbocycles. The molecule has 2 aliphatic heterocycles. The third-order valence-corrected chi connectivity index (χ3v) is 7.91. The predicted octanol–water partition coefficient (Wildman–Crippen LogP) is 3.61. The molecule has 8 heteroatoms. The monoisotopic (exact) mass is 504 g/mol. The molecular weight excluding hydrogens is 467 g/mol. The van der Waals surface area contributed by atoms with Crippen LogP contribution in [0, 0.1) is 19.7 Å². The average Bonchev–Trinajstić information content (AvgIpc) is 3.32. The van der Waals surface area contributed by atoms with Crippen LogP contribution in [0.4, 0.5) is 10.1 Å². The normalized spacial score (nSPS) is 21.3. The van der Waals surface area contributed by atoms with Crippen LogP contribution in [0.1, 0.15) is 48.8 Å². The van der Waals surface area contributed by atoms with Crippen LogP contribution in [0.15, 0.2) is 42.7 Å². The minimum atomic E-state index is -0.248. The quantitative estimate of drug-likeness (QED) is 0.556. The van der Waals surface area contributed by atoms with Gasteiger partial charge < -0.3 is 10.2 Å². The van der Waals surface area contributed by atoms with Gasteiger partial charge in [0, 0.05) is 66.7 Å². The summed E-state index contributed by atoms with van der Waals surface area (Å²) in [6, 6.07) is 9.05. The number of carbonyl (C=O) groups is 1. The number of aryl methyl sites for hydroxylation is 1. The number of anilines is 1. The molecule has 1 N–H and O–H groups in total. The summed E-state index contributed by atoms with van der Waals surface area (Å²) in [5.74, 6) is -0.138. The first-order chi connectivity index (χ1) is 17.6. The van der Waals surface area contributed by atoms with E-state index >= 15 is 0 Å². The Hall–Kier alpha value is -3.10. The molecule has 0 bridgehead atoms. The number of carbonyl (C=O) groups excluding carboxylic acids is 1. The van der Waals surface area contributed by atoms with E-state index in [0.717, 1.165) is 42.1 Å². The molecule has 5 rings (SSSR count). The minimum Gasteiger partial charge on any atom is -0.311 e. The molecule has 7 nitrogen and oxygen atoms in total. The Morgan fingerprint density at radius 2 is 1.95 bits per heavy atom. The maximum Gasteiger partial charge on any atom is 0.241 e. The highest BCUT2D eigenvalue weighted by atomic mass is 19.1. The summed E-state index contributed by atoms with van der Waals surface area (Å²) in [5, 5.41) is 8.13. The molecule has 2 atom stereocenters. The molecule has 0 radical (unpaired) electrons. The molecule has 2 aliphatic rings. The number of piperazine rings is 1. The van der Waals surface area contributed by atoms with Crippen molar-refractivity contribution in [2.75, 3.05) is 31.1 Å². The van der Waals surface area contributed by atoms with Crippen molar-refractivity contribution in [2.45, 2.75) is 65.1 Å². The molecule has 3 aromatic rings. The second-order valence-corrected chi connectivity index (χ2v) is 11.3. The van der Waals surface area contributed by atoms with E-state index in [1.165, 1.54) is 23.4 Å². The Bertz CT molecular complexity index is 1280. The van der Waals surface area contributed by atoms with Gasteiger partial charge in [-0.05, 0) is 50.1 Å². The van der Waals surface area contributed by atoms with Crippen LogP contribution in [0.2, 0.25) is 0 Å². The third-order valence-electron chi connectivity index (χ3n) is 7.91. The van der Waals surface area contributed by atoms with E-state index in [2.05, 4.69) is 54.6 Å². The lowest BCUT2D eigenvalue weighted by molar-refractivity contribution is -0.120. The van der Waals surface area contributed by atoms with Gasteiger partial charge >= 0.3 is 0 Å². The number of rotatable bonds is 6. The van der Waals surface area contributed by atoms with Crippen LogP contribution in [-0.4, -0.2) is 63.8 Å². The number of benzene rings is 1. The SMILES string of the molecule is Cc1cnn(C[C@H]2CN[C@H](C)CN2CC(=O)N2CC(C)(C)c3cnc(Cc4ccc(F)cc4)cc32)c1C. The van der Waals surface area contributed by atoms with E-state index in [1.807, 2.05) is 23.4 Å². The molecule has 1 fully saturated rings. The van der Waals surface area contributed by atoms with Crippen LogP contribution < -0.4 is 10.2 Å². The number of aromatic nitrogens is 3. The van der Waals surface area contributed by atoms with E-state index < -0.39 is 0 Å². The molecule has 0 unspecified atom stereocenters. The summed E-state index contributed by atoms with van der Waals surface area (Å²) in [6.45, 7) is 14.0. The first kappa shape index (κ1) is 25.5. The van der Waals surface area contributed by atoms with Crippen molar-refractivity contribution >= 4 is 11.6 Å². The van der Waals surface area contributed by atoms with Crippen molar-refractivity contribution in [3.05, 3.63) is 76.6 Å². The maximum atomic E-state index is 13.8. The van der Waals surface area contributed by atoms with E-state index in [0.29, 0.717) is 25.6 Å². The third kappa shape index (κ3) is 5.31. The average molecular weight is 505 g/mol. The molecule has 0 saturated carbocycles. The van der Waals surface area contributed by atoms with Gasteiger partial charge in [0.25, 0.3) is 0 Å². The molecule has 37 heavy (non-hydrogen) atoms. The van der Waals surface area contributed by atoms with E-state index in [1.54, 1.807) is 12.1 Å². The Morgan fingerprint density at radius 1 is 1.19 bits per heavy atom. The van der Waals surface area contributed by atoms with E-state index in [9.17, 15) is 9.18 Å². The van der Waals surface area contributed by atoms with Gasteiger partial charge in [0.05, 0.1) is 25.0 Å². The predicted molar refractivity (Wildman–Crippen MR) is 143 cm³/mol. The number of nitrogens with one attached hydrogen (secondary N) is 1. The lowest BCUT2D eigenvalue weighted by Gasteiger charge is -2.39. The number of pyridine rings is 1. The lowest BCUT2D eigenvalue weighted by Crippen LogP contribution is -2.59. The summed E-state index contributed by atoms with van der Waals surface area (Å²) < 4.78 is 15.4. The number of hydrogen-bond acceptors (Lipinski definition) is 5. The van der Waals surface area contributed by atoms with Crippen molar-refractivity contribution in [1.29, 1.82) is 0 Å². The summed E-state index contributed by atoms with van der Waals surface area (Å²) in [6.07, 6.45) is 4.42. The standard InChI is InChI=1S/C29H37FN6O/c1-19-12-33-36(21(19)3)16-25-13-31-20(2)15-34(25)17-28(37)35-18-29(4,5)26-14-32-24(11-27(26)35)10-22-6-8-23(30)9-7-22/h6-9,11-12,14,20,25,31H,10,13,15-18H2,1-5H3/t20-,25-/m1/s1. The zero-order valence-corrected chi connectivity index (χ0v) is 22.5. The van der Waals surface area contributed by atoms with Crippen LogP contribution in [0.3, 0.4) is 0 Å². The van der Waals surface area contributed by atoms with Crippen molar-refractivity contribution in [3.8, 4) is 0 Å². The molecule has 0 spiro atoms. The van der Waals surface area contributed by atoms with Crippen LogP contribution in [0.5, 0.6) is 0 Å². The van der Waals surface area contributed by atoms with Gasteiger partial charge in [0.2, 0.25) is 5.91 Å². The van der Waals surface area contributed by atoms with Gasteiger partial charge in [-0.15, -0.1) is 0 Å². The Morgan fingerprint density at radius 3 is 2.65 bits per heavy atom. The highest BCUT2D eigenvalue weighted by Crippen LogP contribution is 2.40. The highest BCUT2D eigenvalue weighted by molar-refractivity contribution is 5.97. The highest BCUT2D eigenvalue weighted by Gasteiger charge is 2.40. The zero-order chi connectivity index (χ0) is 26.3. The number of amides is 1. The van der Waals surface area contributed by atoms with Gasteiger partial charge in [0.1, 0.15) is 5.82 Å². The number of halogens is 1. The number of fused-ring (bicyclic) bond motifs is 1. The molecule has 1 saturated heterocycles. The summed E-state index contributed by atoms with van der Waals surface area (Å²) in [5.41, 5.74) is 6.08. The van der Waals surface area contributed by atoms with Gasteiger partial charge in [-0.1, -0.05) is 26.0 Å². The van der Waals surface area contributed by atoms with Crippen LogP contribution in [0.25, 0.3) is 0 Å². The number of hydrogen-bond donors (Lipinski definition) is 1. The fourth-order valence-corrected chi connectivity index (χ4v) is 5.52. The molecule has 1 amide bonds. The molecule has 4 heterocycles. The fourth-order valence-electron chi connectivity index (χ4n) is 5.52. The molecule has 196 valence electrons. The van der Waals surface area contributed by atoms with Crippen molar-refractivity contribution in [2.24, 2.45) is 0 Å². The first-order valence-corrected chi connectivity index (χ1v) is 13.1. The van der Waals surface area contributed by atoms with E-state index in [4.69, 9.17) is 4.98 Å². The fraction of sp³-hybridized carbons (Fsp3) is 0.483. The summed E-state index contributed by atoms with van der Waals surface area (Å²) in [7, 11) is 0. The topological polar surface area (TPSA) is 66.3 Å². The van der Waals surface area contributed by atoms with Crippen molar-refractivity contribution < 1.29 is 9.18 Å². The zero-order valence-electron chi connectivity index (χ0n) is 22.5. The smallest absolute Gasteiger partial charge is 0.241 e. The van der Waals surface area contributed by atoms with Gasteiger partial charge in [-0.2, -0.15) is 5.10 Å². The lowest BCUT2D eigenvalue weighted by atomic mass is 9.88. The van der Waals surface area contributed by atoms with Gasteiger partial charge in [0.15, 0.2) is 0 Å². The summed E-state index contributed by atoms with van der Waals surface area (Å²) >= 11 is 0. The maximum absolute atomic E-state index is 13.8. The minimum absolute atomic E-state index is 0.109. The Labute approximate surface area is 218 Å². The summed E-state index contributed by atoms with van der Waals surface area (Å²) in [4.78, 5) is 22.8. The largest absolute Gasteiger partial charge is 0.311 e. The van der Waals surface area contributed by atoms with Gasteiger partial charge in [-0.25, -0.2) is 4.39 Å². The molecular formula is C29H37FN6O. The van der Waals surface area contributed by atoms with Crippen molar-refractivity contribution in [3.63, 3.8) is 0 Å².